The Morgan fingerprint density at radius 3 is 2.48 bits per heavy atom. The van der Waals surface area contributed by atoms with E-state index in [9.17, 15) is 14.4 Å². The fourth-order valence-corrected chi connectivity index (χ4v) is 3.49. The zero-order valence-corrected chi connectivity index (χ0v) is 13.5. The van der Waals surface area contributed by atoms with Gasteiger partial charge in [-0.15, -0.1) is 11.8 Å². The highest BCUT2D eigenvalue weighted by atomic mass is 32.2. The topological polar surface area (TPSA) is 119 Å². The molecule has 7 nitrogen and oxygen atoms in total. The Kier molecular flexibility index (Phi) is 5.27. The third-order valence-electron chi connectivity index (χ3n) is 3.09. The number of aliphatic carboxylic acids is 1. The van der Waals surface area contributed by atoms with Gasteiger partial charge in [-0.2, -0.15) is 0 Å². The number of thioether (sulfide) groups is 1. The Morgan fingerprint density at radius 1 is 1.52 bits per heavy atom. The van der Waals surface area contributed by atoms with Crippen molar-refractivity contribution < 1.29 is 24.2 Å². The second kappa shape index (κ2) is 6.23. The van der Waals surface area contributed by atoms with Gasteiger partial charge in [0.25, 0.3) is 0 Å². The molecule has 1 saturated heterocycles. The molecule has 1 fully saturated rings. The minimum Gasteiger partial charge on any atom is -0.481 e. The first-order valence-corrected chi connectivity index (χ1v) is 7.54. The van der Waals surface area contributed by atoms with Crippen molar-refractivity contribution in [2.24, 2.45) is 5.73 Å². The lowest BCUT2D eigenvalue weighted by molar-refractivity contribution is -0.160. The number of ether oxygens (including phenoxy) is 1. The largest absolute Gasteiger partial charge is 0.481 e. The molecule has 3 atom stereocenters. The summed E-state index contributed by atoms with van der Waals surface area (Å²) in [6.45, 7) is 6.86. The minimum atomic E-state index is -1.27. The molecule has 1 aliphatic heterocycles. The van der Waals surface area contributed by atoms with Crippen LogP contribution in [0.5, 0.6) is 0 Å². The van der Waals surface area contributed by atoms with Crippen LogP contribution in [-0.4, -0.2) is 44.7 Å². The SMILES string of the molecule is CC1CC(C)(OC(=O)C(C)(C)NC(=O)[C@@H](N)CC(=O)O)S1. The first kappa shape index (κ1) is 17.8. The summed E-state index contributed by atoms with van der Waals surface area (Å²) in [5.74, 6) is -2.44. The van der Waals surface area contributed by atoms with Crippen LogP contribution in [0.1, 0.15) is 40.5 Å². The van der Waals surface area contributed by atoms with Gasteiger partial charge in [-0.3, -0.25) is 9.59 Å². The number of carbonyl (C=O) groups is 3. The summed E-state index contributed by atoms with van der Waals surface area (Å²) >= 11 is 1.55. The first-order chi connectivity index (χ1) is 9.45. The van der Waals surface area contributed by atoms with E-state index in [1.54, 1.807) is 11.8 Å². The molecule has 21 heavy (non-hydrogen) atoms. The van der Waals surface area contributed by atoms with Crippen molar-refractivity contribution in [1.82, 2.24) is 5.32 Å². The molecule has 0 aromatic heterocycles. The molecule has 8 heteroatoms. The quantitative estimate of drug-likeness (QED) is 0.609. The third-order valence-corrected chi connectivity index (χ3v) is 4.41. The van der Waals surface area contributed by atoms with E-state index in [1.807, 2.05) is 13.8 Å². The van der Waals surface area contributed by atoms with Gasteiger partial charge in [-0.1, -0.05) is 6.92 Å². The zero-order chi connectivity index (χ0) is 16.4. The van der Waals surface area contributed by atoms with Gasteiger partial charge in [-0.25, -0.2) is 4.79 Å². The predicted molar refractivity (Wildman–Crippen MR) is 78.6 cm³/mol. The van der Waals surface area contributed by atoms with E-state index in [4.69, 9.17) is 15.6 Å². The first-order valence-electron chi connectivity index (χ1n) is 6.66. The van der Waals surface area contributed by atoms with Gasteiger partial charge < -0.3 is 20.9 Å². The van der Waals surface area contributed by atoms with Gasteiger partial charge in [0.15, 0.2) is 4.93 Å². The lowest BCUT2D eigenvalue weighted by Crippen LogP contribution is -2.57. The van der Waals surface area contributed by atoms with Crippen LogP contribution in [0.4, 0.5) is 0 Å². The Labute approximate surface area is 128 Å². The Bertz CT molecular complexity index is 446. The standard InChI is InChI=1S/C13H22N2O5S/c1-7-6-13(4,21-7)20-11(19)12(2,3)15-10(18)8(14)5-9(16)17/h7-8H,5-6,14H2,1-4H3,(H,15,18)(H,16,17)/t7?,8-,13?/m0/s1. The number of rotatable bonds is 6. The average molecular weight is 318 g/mol. The molecule has 0 bridgehead atoms. The summed E-state index contributed by atoms with van der Waals surface area (Å²) in [6.07, 6.45) is 0.258. The lowest BCUT2D eigenvalue weighted by atomic mass is 10.0. The fourth-order valence-electron chi connectivity index (χ4n) is 2.06. The van der Waals surface area contributed by atoms with Crippen LogP contribution in [0.25, 0.3) is 0 Å². The zero-order valence-electron chi connectivity index (χ0n) is 12.6. The van der Waals surface area contributed by atoms with Crippen molar-refractivity contribution in [2.75, 3.05) is 0 Å². The number of carboxylic acid groups (broad SMARTS) is 1. The molecule has 1 aliphatic rings. The third kappa shape index (κ3) is 4.89. The maximum atomic E-state index is 12.2. The highest BCUT2D eigenvalue weighted by Gasteiger charge is 2.45. The minimum absolute atomic E-state index is 0.435. The molecule has 1 heterocycles. The van der Waals surface area contributed by atoms with Crippen molar-refractivity contribution in [3.8, 4) is 0 Å². The molecular weight excluding hydrogens is 296 g/mol. The lowest BCUT2D eigenvalue weighted by Gasteiger charge is -2.43. The van der Waals surface area contributed by atoms with Gasteiger partial charge >= 0.3 is 11.9 Å². The Morgan fingerprint density at radius 2 is 2.05 bits per heavy atom. The number of carbonyl (C=O) groups excluding carboxylic acids is 2. The monoisotopic (exact) mass is 318 g/mol. The van der Waals surface area contributed by atoms with Crippen LogP contribution in [0.3, 0.4) is 0 Å². The smallest absolute Gasteiger partial charge is 0.332 e. The fraction of sp³-hybridized carbons (Fsp3) is 0.769. The molecule has 1 amide bonds. The van der Waals surface area contributed by atoms with Crippen LogP contribution >= 0.6 is 11.8 Å². The molecule has 0 aromatic carbocycles. The normalized spacial score (nSPS) is 26.4. The highest BCUT2D eigenvalue weighted by molar-refractivity contribution is 8.02. The maximum absolute atomic E-state index is 12.2. The summed E-state index contributed by atoms with van der Waals surface area (Å²) in [5, 5.41) is 11.5. The number of amides is 1. The van der Waals surface area contributed by atoms with Gasteiger partial charge in [-0.05, 0) is 20.8 Å². The number of nitrogens with one attached hydrogen (secondary N) is 1. The summed E-state index contributed by atoms with van der Waals surface area (Å²) in [6, 6.07) is -1.21. The maximum Gasteiger partial charge on any atom is 0.332 e. The molecule has 0 aliphatic carbocycles. The summed E-state index contributed by atoms with van der Waals surface area (Å²) < 4.78 is 5.42. The highest BCUT2D eigenvalue weighted by Crippen LogP contribution is 2.47. The second-order valence-corrected chi connectivity index (χ2v) is 7.88. The van der Waals surface area contributed by atoms with Gasteiger partial charge in [0.1, 0.15) is 5.54 Å². The van der Waals surface area contributed by atoms with Gasteiger partial charge in [0.05, 0.1) is 12.5 Å². The Hall–Kier alpha value is -1.28. The number of hydrogen-bond donors (Lipinski definition) is 3. The van der Waals surface area contributed by atoms with E-state index in [0.717, 1.165) is 6.42 Å². The molecule has 0 radical (unpaired) electrons. The van der Waals surface area contributed by atoms with Crippen molar-refractivity contribution in [1.29, 1.82) is 0 Å². The number of esters is 1. The van der Waals surface area contributed by atoms with E-state index < -0.39 is 40.8 Å². The number of nitrogens with two attached hydrogens (primary N) is 1. The van der Waals surface area contributed by atoms with E-state index in [0.29, 0.717) is 5.25 Å². The number of carboxylic acids is 1. The van der Waals surface area contributed by atoms with Crippen molar-refractivity contribution in [3.05, 3.63) is 0 Å². The van der Waals surface area contributed by atoms with Crippen molar-refractivity contribution in [2.45, 2.75) is 62.3 Å². The van der Waals surface area contributed by atoms with Crippen LogP contribution in [0, 0.1) is 0 Å². The molecule has 0 aromatic rings. The number of hydrogen-bond acceptors (Lipinski definition) is 6. The van der Waals surface area contributed by atoms with Crippen LogP contribution in [-0.2, 0) is 19.1 Å². The molecule has 1 rings (SSSR count). The van der Waals surface area contributed by atoms with Crippen LogP contribution < -0.4 is 11.1 Å². The van der Waals surface area contributed by atoms with Crippen molar-refractivity contribution >= 4 is 29.6 Å². The Balaban J connectivity index is 2.57. The summed E-state index contributed by atoms with van der Waals surface area (Å²) in [5.41, 5.74) is 4.19. The summed E-state index contributed by atoms with van der Waals surface area (Å²) in [7, 11) is 0. The van der Waals surface area contributed by atoms with E-state index in [2.05, 4.69) is 5.32 Å². The molecule has 120 valence electrons. The molecule has 0 saturated carbocycles. The predicted octanol–water partition coefficient (Wildman–Crippen LogP) is 0.468. The average Bonchev–Trinajstić information content (AvgIpc) is 2.24. The van der Waals surface area contributed by atoms with E-state index in [-0.39, 0.29) is 0 Å². The molecule has 4 N–H and O–H groups in total. The van der Waals surface area contributed by atoms with Gasteiger partial charge in [0.2, 0.25) is 5.91 Å². The molecular formula is C13H22N2O5S. The second-order valence-electron chi connectivity index (χ2n) is 5.97. The van der Waals surface area contributed by atoms with Crippen molar-refractivity contribution in [3.63, 3.8) is 0 Å². The van der Waals surface area contributed by atoms with Crippen LogP contribution in [0.15, 0.2) is 0 Å². The van der Waals surface area contributed by atoms with Crippen LogP contribution in [0.2, 0.25) is 0 Å². The van der Waals surface area contributed by atoms with E-state index >= 15 is 0 Å². The molecule has 0 spiro atoms. The van der Waals surface area contributed by atoms with E-state index in [1.165, 1.54) is 13.8 Å². The molecule has 2 unspecified atom stereocenters. The van der Waals surface area contributed by atoms with Gasteiger partial charge in [0, 0.05) is 11.7 Å². The summed E-state index contributed by atoms with van der Waals surface area (Å²) in [4.78, 5) is 33.9.